The van der Waals surface area contributed by atoms with Gasteiger partial charge in [-0.15, -0.1) is 0 Å². The first-order valence-corrected chi connectivity index (χ1v) is 25.5. The van der Waals surface area contributed by atoms with Gasteiger partial charge >= 0.3 is 11.9 Å². The van der Waals surface area contributed by atoms with E-state index in [4.69, 9.17) is 23.7 Å². The van der Waals surface area contributed by atoms with Crippen LogP contribution >= 0.6 is 0 Å². The Morgan fingerprint density at radius 3 is 1.27 bits per heavy atom. The smallest absolute Gasteiger partial charge is 0.306 e. The summed E-state index contributed by atoms with van der Waals surface area (Å²) in [5, 5.41) is 9.57. The highest BCUT2D eigenvalue weighted by atomic mass is 16.6. The average molecular weight is 842 g/mol. The van der Waals surface area contributed by atoms with Crippen molar-refractivity contribution in [1.82, 2.24) is 4.90 Å². The Bertz CT molecular complexity index is 830. The molecule has 0 saturated carbocycles. The van der Waals surface area contributed by atoms with Gasteiger partial charge in [0.2, 0.25) is 0 Å². The maximum absolute atomic E-state index is 12.7. The van der Waals surface area contributed by atoms with E-state index in [0.29, 0.717) is 52.4 Å². The molecule has 0 aromatic heterocycles. The fraction of sp³-hybridized carbons (Fsp3) is 0.960. The lowest BCUT2D eigenvalue weighted by Gasteiger charge is -2.21. The molecule has 59 heavy (non-hydrogen) atoms. The van der Waals surface area contributed by atoms with Crippen molar-refractivity contribution in [2.45, 2.75) is 239 Å². The number of esters is 2. The summed E-state index contributed by atoms with van der Waals surface area (Å²) < 4.78 is 28.1. The van der Waals surface area contributed by atoms with Crippen molar-refractivity contribution in [3.05, 3.63) is 0 Å². The van der Waals surface area contributed by atoms with Crippen LogP contribution in [0.2, 0.25) is 0 Å². The first-order chi connectivity index (χ1) is 29.1. The lowest BCUT2D eigenvalue weighted by Crippen LogP contribution is -2.29. The summed E-state index contributed by atoms with van der Waals surface area (Å²) in [5.41, 5.74) is 0. The molecule has 0 aliphatic heterocycles. The summed E-state index contributed by atoms with van der Waals surface area (Å²) in [6.07, 6.45) is 38.3. The molecule has 0 saturated heterocycles. The maximum Gasteiger partial charge on any atom is 0.306 e. The molecule has 0 spiro atoms. The Morgan fingerprint density at radius 1 is 0.407 bits per heavy atom. The quantitative estimate of drug-likeness (QED) is 0.0473. The first kappa shape index (κ1) is 57.7. The van der Waals surface area contributed by atoms with Crippen molar-refractivity contribution in [3.8, 4) is 0 Å². The third-order valence-electron chi connectivity index (χ3n) is 11.3. The van der Waals surface area contributed by atoms with Crippen LogP contribution in [0.3, 0.4) is 0 Å². The third-order valence-corrected chi connectivity index (χ3v) is 11.3. The fourth-order valence-corrected chi connectivity index (χ4v) is 7.55. The van der Waals surface area contributed by atoms with Crippen molar-refractivity contribution < 1.29 is 38.4 Å². The lowest BCUT2D eigenvalue weighted by molar-refractivity contribution is -0.150. The molecule has 0 fully saturated rings. The van der Waals surface area contributed by atoms with Crippen LogP contribution in [0.25, 0.3) is 0 Å². The summed E-state index contributed by atoms with van der Waals surface area (Å²) in [6, 6.07) is 0. The summed E-state index contributed by atoms with van der Waals surface area (Å²) >= 11 is 0. The van der Waals surface area contributed by atoms with E-state index in [1.54, 1.807) is 0 Å². The monoisotopic (exact) mass is 842 g/mol. The minimum absolute atomic E-state index is 0.00353. The number of unbranched alkanes of at least 4 members (excludes halogenated alkanes) is 24. The minimum atomic E-state index is -0.171. The highest BCUT2D eigenvalue weighted by molar-refractivity contribution is 5.69. The molecule has 0 unspecified atom stereocenters. The van der Waals surface area contributed by atoms with Crippen molar-refractivity contribution in [3.63, 3.8) is 0 Å². The van der Waals surface area contributed by atoms with Crippen LogP contribution in [0.5, 0.6) is 0 Å². The fourth-order valence-electron chi connectivity index (χ4n) is 7.55. The molecule has 0 amide bonds. The van der Waals surface area contributed by atoms with Gasteiger partial charge in [0.05, 0.1) is 39.6 Å². The number of hydrogen-bond acceptors (Lipinski definition) is 9. The first-order valence-electron chi connectivity index (χ1n) is 25.5. The van der Waals surface area contributed by atoms with E-state index in [2.05, 4.69) is 25.7 Å². The number of aliphatic hydroxyl groups excluding tert-OH is 1. The van der Waals surface area contributed by atoms with Crippen LogP contribution in [0.15, 0.2) is 0 Å². The number of carbonyl (C=O) groups is 2. The SMILES string of the molecule is CCCCCCCCCCCOCCOCCOCCOC(=O)CCCCCN(CCO)CCCCCCCC(=O)OC(CCCCCCCC)CCCCCCCC. The molecule has 0 radical (unpaired) electrons. The summed E-state index contributed by atoms with van der Waals surface area (Å²) in [6.45, 7) is 13.2. The van der Waals surface area contributed by atoms with Gasteiger partial charge in [-0.25, -0.2) is 0 Å². The van der Waals surface area contributed by atoms with E-state index in [-0.39, 0.29) is 31.3 Å². The van der Waals surface area contributed by atoms with E-state index in [1.165, 1.54) is 128 Å². The number of ether oxygens (including phenoxy) is 5. The molecule has 9 heteroatoms. The van der Waals surface area contributed by atoms with Crippen LogP contribution < -0.4 is 0 Å². The van der Waals surface area contributed by atoms with E-state index < -0.39 is 0 Å². The van der Waals surface area contributed by atoms with Gasteiger partial charge in [-0.3, -0.25) is 9.59 Å². The highest BCUT2D eigenvalue weighted by Crippen LogP contribution is 2.18. The molecule has 1 N–H and O–H groups in total. The molecule has 0 aliphatic rings. The molecule has 0 bridgehead atoms. The Hall–Kier alpha value is -1.26. The third kappa shape index (κ3) is 46.1. The van der Waals surface area contributed by atoms with Crippen molar-refractivity contribution in [2.75, 3.05) is 72.5 Å². The Balaban J connectivity index is 3.80. The van der Waals surface area contributed by atoms with Crippen LogP contribution in [-0.2, 0) is 33.3 Å². The highest BCUT2D eigenvalue weighted by Gasteiger charge is 2.14. The van der Waals surface area contributed by atoms with Gasteiger partial charge in [0.1, 0.15) is 12.7 Å². The zero-order valence-corrected chi connectivity index (χ0v) is 39.4. The summed E-state index contributed by atoms with van der Waals surface area (Å²) in [5.74, 6) is -0.174. The molecule has 0 aliphatic carbocycles. The van der Waals surface area contributed by atoms with Crippen LogP contribution in [0.1, 0.15) is 233 Å². The summed E-state index contributed by atoms with van der Waals surface area (Å²) in [4.78, 5) is 27.2. The minimum Gasteiger partial charge on any atom is -0.463 e. The second-order valence-electron chi connectivity index (χ2n) is 17.0. The molecule has 0 aromatic rings. The molecule has 0 heterocycles. The zero-order valence-electron chi connectivity index (χ0n) is 39.4. The number of rotatable bonds is 50. The molecule has 0 rings (SSSR count). The number of nitrogens with zero attached hydrogens (tertiary/aromatic N) is 1. The molecular formula is C50H99NO8. The number of hydrogen-bond donors (Lipinski definition) is 1. The van der Waals surface area contributed by atoms with Gasteiger partial charge in [-0.05, 0) is 70.9 Å². The van der Waals surface area contributed by atoms with Crippen molar-refractivity contribution in [2.24, 2.45) is 0 Å². The van der Waals surface area contributed by atoms with Gasteiger partial charge < -0.3 is 33.7 Å². The number of aliphatic hydroxyl groups is 1. The number of carbonyl (C=O) groups excluding carboxylic acids is 2. The predicted octanol–water partition coefficient (Wildman–Crippen LogP) is 12.7. The van der Waals surface area contributed by atoms with Gasteiger partial charge in [0.25, 0.3) is 0 Å². The molecule has 352 valence electrons. The second kappa shape index (κ2) is 49.4. The molecule has 0 atom stereocenters. The van der Waals surface area contributed by atoms with Gasteiger partial charge in [-0.1, -0.05) is 162 Å². The van der Waals surface area contributed by atoms with Gasteiger partial charge in [-0.2, -0.15) is 0 Å². The largest absolute Gasteiger partial charge is 0.463 e. The maximum atomic E-state index is 12.7. The Morgan fingerprint density at radius 2 is 0.780 bits per heavy atom. The van der Waals surface area contributed by atoms with Crippen LogP contribution in [-0.4, -0.2) is 101 Å². The van der Waals surface area contributed by atoms with E-state index in [1.807, 2.05) is 0 Å². The van der Waals surface area contributed by atoms with E-state index in [0.717, 1.165) is 90.3 Å². The molecular weight excluding hydrogens is 743 g/mol. The van der Waals surface area contributed by atoms with E-state index >= 15 is 0 Å². The zero-order chi connectivity index (χ0) is 43.0. The predicted molar refractivity (Wildman–Crippen MR) is 246 cm³/mol. The normalized spacial score (nSPS) is 11.6. The molecule has 9 nitrogen and oxygen atoms in total. The van der Waals surface area contributed by atoms with Gasteiger partial charge in [0, 0.05) is 26.0 Å². The van der Waals surface area contributed by atoms with E-state index in [9.17, 15) is 14.7 Å². The second-order valence-corrected chi connectivity index (χ2v) is 17.0. The average Bonchev–Trinajstić information content (AvgIpc) is 3.23. The van der Waals surface area contributed by atoms with Crippen molar-refractivity contribution in [1.29, 1.82) is 0 Å². The Labute approximate surface area is 365 Å². The summed E-state index contributed by atoms with van der Waals surface area (Å²) in [7, 11) is 0. The van der Waals surface area contributed by atoms with Crippen LogP contribution in [0, 0.1) is 0 Å². The topological polar surface area (TPSA) is 104 Å². The van der Waals surface area contributed by atoms with Crippen LogP contribution in [0.4, 0.5) is 0 Å². The standard InChI is InChI=1S/C50H99NO8/c1-4-7-10-13-16-17-18-24-32-41-55-42-43-56-44-45-57-46-47-58-49(53)35-29-25-31-38-51(39-40-52)37-30-23-19-22-28-36-50(54)59-48(33-26-20-14-11-8-5-2)34-27-21-15-12-9-6-3/h48,52H,4-47H2,1-3H3. The lowest BCUT2D eigenvalue weighted by atomic mass is 10.0. The molecule has 0 aromatic carbocycles. The Kier molecular flexibility index (Phi) is 48.3. The van der Waals surface area contributed by atoms with Crippen molar-refractivity contribution >= 4 is 11.9 Å². The van der Waals surface area contributed by atoms with Gasteiger partial charge in [0.15, 0.2) is 0 Å².